The molecule has 3 fully saturated rings. The van der Waals surface area contributed by atoms with Crippen LogP contribution in [0, 0.1) is 0 Å². The molecule has 3 heterocycles. The fourth-order valence-corrected chi connectivity index (χ4v) is 4.04. The van der Waals surface area contributed by atoms with Gasteiger partial charge in [0.1, 0.15) is 0 Å². The van der Waals surface area contributed by atoms with Gasteiger partial charge in [0.05, 0.1) is 13.2 Å². The molecule has 3 aliphatic heterocycles. The summed E-state index contributed by atoms with van der Waals surface area (Å²) in [4.78, 5) is 2.67. The van der Waals surface area contributed by atoms with Gasteiger partial charge < -0.3 is 9.47 Å². The summed E-state index contributed by atoms with van der Waals surface area (Å²) in [5.41, 5.74) is 1.42. The van der Waals surface area contributed by atoms with Crippen molar-refractivity contribution in [2.75, 3.05) is 13.2 Å². The molecule has 2 unspecified atom stereocenters. The third-order valence-electron chi connectivity index (χ3n) is 4.89. The average Bonchev–Trinajstić information content (AvgIpc) is 2.96. The molecule has 3 aliphatic rings. The molecule has 3 heteroatoms. The highest BCUT2D eigenvalue weighted by Crippen LogP contribution is 2.45. The van der Waals surface area contributed by atoms with E-state index in [9.17, 15) is 0 Å². The van der Waals surface area contributed by atoms with Crippen LogP contribution >= 0.6 is 0 Å². The van der Waals surface area contributed by atoms with Crippen molar-refractivity contribution in [3.05, 3.63) is 35.9 Å². The normalized spacial score (nSPS) is 33.1. The van der Waals surface area contributed by atoms with Gasteiger partial charge in [-0.2, -0.15) is 0 Å². The van der Waals surface area contributed by atoms with E-state index in [2.05, 4.69) is 35.2 Å². The van der Waals surface area contributed by atoms with E-state index in [1.54, 1.807) is 0 Å². The molecule has 4 rings (SSSR count). The van der Waals surface area contributed by atoms with Crippen LogP contribution in [-0.4, -0.2) is 36.0 Å². The van der Waals surface area contributed by atoms with Gasteiger partial charge >= 0.3 is 0 Å². The molecule has 19 heavy (non-hydrogen) atoms. The maximum Gasteiger partial charge on any atom is 0.171 e. The number of benzene rings is 1. The molecule has 0 aliphatic carbocycles. The SMILES string of the molecule is c1ccc(CN2C3CCC2CC2(C3)OCCO2)cc1. The van der Waals surface area contributed by atoms with Gasteiger partial charge in [-0.05, 0) is 18.4 Å². The topological polar surface area (TPSA) is 21.7 Å². The van der Waals surface area contributed by atoms with Crippen LogP contribution in [0.3, 0.4) is 0 Å². The van der Waals surface area contributed by atoms with E-state index in [1.165, 1.54) is 18.4 Å². The van der Waals surface area contributed by atoms with Crippen LogP contribution in [0.15, 0.2) is 30.3 Å². The van der Waals surface area contributed by atoms with E-state index < -0.39 is 0 Å². The molecule has 2 bridgehead atoms. The maximum absolute atomic E-state index is 5.91. The molecule has 2 atom stereocenters. The van der Waals surface area contributed by atoms with Crippen molar-refractivity contribution in [1.82, 2.24) is 4.90 Å². The van der Waals surface area contributed by atoms with Gasteiger partial charge in [-0.3, -0.25) is 4.90 Å². The first-order valence-corrected chi connectivity index (χ1v) is 7.42. The molecule has 0 N–H and O–H groups in total. The van der Waals surface area contributed by atoms with Crippen LogP contribution in [0.25, 0.3) is 0 Å². The van der Waals surface area contributed by atoms with Crippen LogP contribution in [0.2, 0.25) is 0 Å². The van der Waals surface area contributed by atoms with Gasteiger partial charge in [-0.1, -0.05) is 30.3 Å². The minimum Gasteiger partial charge on any atom is -0.347 e. The monoisotopic (exact) mass is 259 g/mol. The van der Waals surface area contributed by atoms with E-state index in [-0.39, 0.29) is 5.79 Å². The Bertz CT molecular complexity index is 425. The van der Waals surface area contributed by atoms with Gasteiger partial charge in [-0.15, -0.1) is 0 Å². The number of nitrogens with zero attached hydrogens (tertiary/aromatic N) is 1. The first-order valence-electron chi connectivity index (χ1n) is 7.42. The van der Waals surface area contributed by atoms with E-state index in [0.29, 0.717) is 12.1 Å². The third kappa shape index (κ3) is 2.10. The lowest BCUT2D eigenvalue weighted by atomic mass is 9.95. The van der Waals surface area contributed by atoms with Crippen LogP contribution < -0.4 is 0 Å². The largest absolute Gasteiger partial charge is 0.347 e. The number of piperidine rings is 1. The van der Waals surface area contributed by atoms with Crippen LogP contribution in [0.5, 0.6) is 0 Å². The number of fused-ring (bicyclic) bond motifs is 2. The predicted molar refractivity (Wildman–Crippen MR) is 72.7 cm³/mol. The Morgan fingerprint density at radius 2 is 1.63 bits per heavy atom. The fraction of sp³-hybridized carbons (Fsp3) is 0.625. The first kappa shape index (κ1) is 11.9. The van der Waals surface area contributed by atoms with E-state index in [1.807, 2.05) is 0 Å². The van der Waals surface area contributed by atoms with E-state index in [0.717, 1.165) is 32.6 Å². The molecule has 1 aromatic carbocycles. The number of ether oxygens (including phenoxy) is 2. The average molecular weight is 259 g/mol. The second-order valence-electron chi connectivity index (χ2n) is 6.06. The van der Waals surface area contributed by atoms with E-state index >= 15 is 0 Å². The van der Waals surface area contributed by atoms with Crippen molar-refractivity contribution in [2.24, 2.45) is 0 Å². The molecule has 0 saturated carbocycles. The van der Waals surface area contributed by atoms with Crippen molar-refractivity contribution >= 4 is 0 Å². The molecular weight excluding hydrogens is 238 g/mol. The molecular formula is C16H21NO2. The Labute approximate surface area is 114 Å². The molecule has 0 amide bonds. The smallest absolute Gasteiger partial charge is 0.171 e. The van der Waals surface area contributed by atoms with Crippen molar-refractivity contribution in [2.45, 2.75) is 50.1 Å². The molecule has 102 valence electrons. The summed E-state index contributed by atoms with van der Waals surface area (Å²) in [6.07, 6.45) is 4.70. The summed E-state index contributed by atoms with van der Waals surface area (Å²) in [6, 6.07) is 12.1. The molecule has 1 spiro atoms. The minimum atomic E-state index is -0.237. The molecule has 0 aromatic heterocycles. The quantitative estimate of drug-likeness (QED) is 0.814. The standard InChI is InChI=1S/C16H21NO2/c1-2-4-13(5-3-1)12-17-14-6-7-15(17)11-16(10-14)18-8-9-19-16/h1-5,14-15H,6-12H2. The Morgan fingerprint density at radius 3 is 2.26 bits per heavy atom. The van der Waals surface area contributed by atoms with Gasteiger partial charge in [0.15, 0.2) is 5.79 Å². The van der Waals surface area contributed by atoms with Crippen LogP contribution in [-0.2, 0) is 16.0 Å². The molecule has 0 radical (unpaired) electrons. The van der Waals surface area contributed by atoms with Gasteiger partial charge in [-0.25, -0.2) is 0 Å². The van der Waals surface area contributed by atoms with Gasteiger partial charge in [0, 0.05) is 31.5 Å². The lowest BCUT2D eigenvalue weighted by Crippen LogP contribution is -2.51. The lowest BCUT2D eigenvalue weighted by molar-refractivity contribution is -0.200. The summed E-state index contributed by atoms with van der Waals surface area (Å²) in [5, 5.41) is 0. The zero-order chi connectivity index (χ0) is 12.7. The first-order chi connectivity index (χ1) is 9.35. The highest BCUT2D eigenvalue weighted by Gasteiger charge is 2.51. The Morgan fingerprint density at radius 1 is 1.00 bits per heavy atom. The minimum absolute atomic E-state index is 0.237. The van der Waals surface area contributed by atoms with Crippen LogP contribution in [0.4, 0.5) is 0 Å². The Balaban J connectivity index is 1.50. The molecule has 3 saturated heterocycles. The Hall–Kier alpha value is -0.900. The number of rotatable bonds is 2. The van der Waals surface area contributed by atoms with Crippen molar-refractivity contribution in [3.63, 3.8) is 0 Å². The Kier molecular flexibility index (Phi) is 2.87. The van der Waals surface area contributed by atoms with Crippen molar-refractivity contribution in [3.8, 4) is 0 Å². The maximum atomic E-state index is 5.91. The van der Waals surface area contributed by atoms with Crippen molar-refractivity contribution < 1.29 is 9.47 Å². The predicted octanol–water partition coefficient (Wildman–Crippen LogP) is 2.56. The summed E-state index contributed by atoms with van der Waals surface area (Å²) in [7, 11) is 0. The zero-order valence-corrected chi connectivity index (χ0v) is 11.3. The summed E-state index contributed by atoms with van der Waals surface area (Å²) in [5.74, 6) is -0.237. The van der Waals surface area contributed by atoms with Crippen LogP contribution in [0.1, 0.15) is 31.2 Å². The number of hydrogen-bond donors (Lipinski definition) is 0. The summed E-state index contributed by atoms with van der Waals surface area (Å²) >= 11 is 0. The highest BCUT2D eigenvalue weighted by molar-refractivity contribution is 5.16. The molecule has 3 nitrogen and oxygen atoms in total. The second-order valence-corrected chi connectivity index (χ2v) is 6.06. The van der Waals surface area contributed by atoms with Gasteiger partial charge in [0.25, 0.3) is 0 Å². The van der Waals surface area contributed by atoms with Crippen molar-refractivity contribution in [1.29, 1.82) is 0 Å². The fourth-order valence-electron chi connectivity index (χ4n) is 4.04. The van der Waals surface area contributed by atoms with E-state index in [4.69, 9.17) is 9.47 Å². The van der Waals surface area contributed by atoms with Gasteiger partial charge in [0.2, 0.25) is 0 Å². The third-order valence-corrected chi connectivity index (χ3v) is 4.89. The summed E-state index contributed by atoms with van der Waals surface area (Å²) in [6.45, 7) is 2.63. The second kappa shape index (κ2) is 4.58. The number of hydrogen-bond acceptors (Lipinski definition) is 3. The summed E-state index contributed by atoms with van der Waals surface area (Å²) < 4.78 is 11.8. The molecule has 1 aromatic rings. The zero-order valence-electron chi connectivity index (χ0n) is 11.3. The lowest BCUT2D eigenvalue weighted by Gasteiger charge is -2.43. The highest BCUT2D eigenvalue weighted by atomic mass is 16.7.